The first kappa shape index (κ1) is 52.4. The molecule has 3 rings (SSSR count). The Kier molecular flexibility index (Phi) is 21.2. The molecule has 0 atom stereocenters. The third-order valence-electron chi connectivity index (χ3n) is 11.3. The second-order valence-corrected chi connectivity index (χ2v) is 16.7. The van der Waals surface area contributed by atoms with Crippen molar-refractivity contribution in [1.29, 1.82) is 0 Å². The van der Waals surface area contributed by atoms with Gasteiger partial charge in [-0.1, -0.05) is 90.1 Å². The summed E-state index contributed by atoms with van der Waals surface area (Å²) in [6.45, 7) is 19.6. The number of aryl methyl sites for hydroxylation is 1. The molecule has 0 bridgehead atoms. The van der Waals surface area contributed by atoms with Crippen LogP contribution in [0.2, 0.25) is 0 Å². The van der Waals surface area contributed by atoms with Crippen LogP contribution in [0.15, 0.2) is 85.0 Å². The van der Waals surface area contributed by atoms with Crippen LogP contribution in [0.3, 0.4) is 0 Å². The molecule has 0 spiro atoms. The lowest BCUT2D eigenvalue weighted by Crippen LogP contribution is -2.44. The van der Waals surface area contributed by atoms with Crippen LogP contribution in [0.25, 0.3) is 11.1 Å². The molecular weight excluding hydrogens is 821 g/mol. The highest BCUT2D eigenvalue weighted by atomic mass is 16.6. The van der Waals surface area contributed by atoms with Crippen molar-refractivity contribution < 1.29 is 61.9 Å². The van der Waals surface area contributed by atoms with Crippen molar-refractivity contribution in [3.05, 3.63) is 102 Å². The summed E-state index contributed by atoms with van der Waals surface area (Å²) in [4.78, 5) is 75.4. The van der Waals surface area contributed by atoms with E-state index in [2.05, 4.69) is 67.8 Å². The van der Waals surface area contributed by atoms with Crippen molar-refractivity contribution >= 4 is 35.8 Å². The normalized spacial score (nSPS) is 14.6. The van der Waals surface area contributed by atoms with Gasteiger partial charge < -0.3 is 33.2 Å². The van der Waals surface area contributed by atoms with Gasteiger partial charge in [0.05, 0.1) is 27.1 Å². The molecule has 0 aromatic heterocycles. The lowest BCUT2D eigenvalue weighted by atomic mass is 9.76. The SMILES string of the molecule is C=C(C)C(=O)OCc1cc(-c2ccc(C3CCC(CCCCC)CC3)cc2CC)ccc1OCC(COC(=O)C(=C)C)(COC(=O)C(=C)CC(=O)OC)COC(=O)C(=C)CC(=O)OC. The maximum atomic E-state index is 13.1. The summed E-state index contributed by atoms with van der Waals surface area (Å²) in [5.41, 5.74) is 3.02. The molecule has 0 saturated heterocycles. The van der Waals surface area contributed by atoms with E-state index < -0.39 is 80.5 Å². The number of esters is 6. The molecule has 2 aromatic carbocycles. The Morgan fingerprint density at radius 3 is 1.70 bits per heavy atom. The monoisotopic (exact) mass is 886 g/mol. The number of hydrogen-bond donors (Lipinski definition) is 0. The van der Waals surface area contributed by atoms with Crippen LogP contribution in [0.1, 0.15) is 115 Å². The Labute approximate surface area is 378 Å². The van der Waals surface area contributed by atoms with Gasteiger partial charge in [-0.3, -0.25) is 9.59 Å². The summed E-state index contributed by atoms with van der Waals surface area (Å²) in [5, 5.41) is 0. The number of benzene rings is 2. The van der Waals surface area contributed by atoms with Crippen LogP contribution in [0.5, 0.6) is 5.75 Å². The first-order valence-corrected chi connectivity index (χ1v) is 21.8. The van der Waals surface area contributed by atoms with Crippen molar-refractivity contribution in [3.63, 3.8) is 0 Å². The van der Waals surface area contributed by atoms with Crippen LogP contribution in [-0.4, -0.2) is 76.5 Å². The molecule has 0 amide bonds. The molecule has 64 heavy (non-hydrogen) atoms. The van der Waals surface area contributed by atoms with Crippen LogP contribution in [0.4, 0.5) is 0 Å². The average Bonchev–Trinajstić information content (AvgIpc) is 3.29. The van der Waals surface area contributed by atoms with Crippen LogP contribution in [-0.2, 0) is 70.2 Å². The van der Waals surface area contributed by atoms with E-state index in [1.165, 1.54) is 76.3 Å². The maximum absolute atomic E-state index is 13.1. The summed E-state index contributed by atoms with van der Waals surface area (Å²) in [6, 6.07) is 12.1. The van der Waals surface area contributed by atoms with Crippen LogP contribution < -0.4 is 4.74 Å². The fraction of sp³-hybridized carbons (Fsp3) is 0.490. The maximum Gasteiger partial charge on any atom is 0.334 e. The predicted octanol–water partition coefficient (Wildman–Crippen LogP) is 9.20. The number of rotatable bonds is 26. The summed E-state index contributed by atoms with van der Waals surface area (Å²) >= 11 is 0. The molecule has 0 aliphatic heterocycles. The summed E-state index contributed by atoms with van der Waals surface area (Å²) in [6.07, 6.45) is 9.88. The third-order valence-corrected chi connectivity index (χ3v) is 11.3. The Morgan fingerprint density at radius 2 is 1.19 bits per heavy atom. The minimum atomic E-state index is -1.63. The van der Waals surface area contributed by atoms with E-state index in [4.69, 9.17) is 23.7 Å². The number of unbranched alkanes of at least 4 members (excludes halogenated alkanes) is 2. The van der Waals surface area contributed by atoms with Crippen molar-refractivity contribution in [2.45, 2.75) is 111 Å². The summed E-state index contributed by atoms with van der Waals surface area (Å²) in [7, 11) is 2.31. The quantitative estimate of drug-likeness (QED) is 0.0380. The van der Waals surface area contributed by atoms with Gasteiger partial charge in [0.15, 0.2) is 0 Å². The van der Waals surface area contributed by atoms with E-state index in [1.54, 1.807) is 6.07 Å². The number of carbonyl (C=O) groups is 6. The molecule has 0 N–H and O–H groups in total. The number of methoxy groups -OCH3 is 2. The van der Waals surface area contributed by atoms with Crippen molar-refractivity contribution in [2.75, 3.05) is 40.6 Å². The van der Waals surface area contributed by atoms with Crippen LogP contribution >= 0.6 is 0 Å². The molecule has 1 saturated carbocycles. The minimum absolute atomic E-state index is 0.0589. The predicted molar refractivity (Wildman–Crippen MR) is 242 cm³/mol. The molecule has 1 fully saturated rings. The fourth-order valence-electron chi connectivity index (χ4n) is 7.28. The Bertz CT molecular complexity index is 1990. The molecule has 13 heteroatoms. The third kappa shape index (κ3) is 16.3. The van der Waals surface area contributed by atoms with Gasteiger partial charge in [-0.25, -0.2) is 19.2 Å². The highest BCUT2D eigenvalue weighted by Gasteiger charge is 2.38. The Morgan fingerprint density at radius 1 is 0.641 bits per heavy atom. The van der Waals surface area contributed by atoms with E-state index in [-0.39, 0.29) is 34.6 Å². The highest BCUT2D eigenvalue weighted by Crippen LogP contribution is 2.40. The molecule has 1 aliphatic carbocycles. The second-order valence-electron chi connectivity index (χ2n) is 16.7. The number of carbonyl (C=O) groups excluding carboxylic acids is 6. The Balaban J connectivity index is 2.03. The summed E-state index contributed by atoms with van der Waals surface area (Å²) < 4.78 is 38.0. The standard InChI is InChI=1S/C51H66O13/c1-11-13-14-15-37-16-18-39(19-17-37)40-20-22-43(38(12-2)26-40)41-21-23-44(42(27-41)28-60-47(54)33(3)4)61-29-51(30-62-48(55)34(5)6,31-63-49(56)35(7)24-45(52)58-9)32-64-50(57)36(8)25-46(53)59-10/h20-23,26-27,37,39H,3,5,7-8,11-19,24-25,28-32H2,1-2,4,6,9-10H3. The number of ether oxygens (including phenoxy) is 7. The van der Waals surface area contributed by atoms with E-state index in [0.717, 1.165) is 37.7 Å². The van der Waals surface area contributed by atoms with E-state index in [0.29, 0.717) is 11.5 Å². The Hall–Kier alpha value is -5.98. The van der Waals surface area contributed by atoms with Gasteiger partial charge in [0.2, 0.25) is 0 Å². The molecular formula is C51H66O13. The van der Waals surface area contributed by atoms with Crippen molar-refractivity contribution in [3.8, 4) is 16.9 Å². The fourth-order valence-corrected chi connectivity index (χ4v) is 7.28. The van der Waals surface area contributed by atoms with Gasteiger partial charge in [-0.2, -0.15) is 0 Å². The molecule has 2 aromatic rings. The zero-order valence-corrected chi connectivity index (χ0v) is 38.6. The molecule has 1 aliphatic rings. The van der Waals surface area contributed by atoms with Gasteiger partial charge in [0.25, 0.3) is 0 Å². The lowest BCUT2D eigenvalue weighted by molar-refractivity contribution is -0.161. The zero-order chi connectivity index (χ0) is 47.4. The highest BCUT2D eigenvalue weighted by molar-refractivity contribution is 5.94. The van der Waals surface area contributed by atoms with Crippen molar-refractivity contribution in [1.82, 2.24) is 0 Å². The van der Waals surface area contributed by atoms with Crippen molar-refractivity contribution in [2.24, 2.45) is 11.3 Å². The van der Waals surface area contributed by atoms with Crippen LogP contribution in [0, 0.1) is 11.3 Å². The largest absolute Gasteiger partial charge is 0.492 e. The second kappa shape index (κ2) is 26.0. The van der Waals surface area contributed by atoms with Gasteiger partial charge in [-0.15, -0.1) is 0 Å². The number of hydrogen-bond acceptors (Lipinski definition) is 13. The molecule has 0 heterocycles. The van der Waals surface area contributed by atoms with E-state index in [1.807, 2.05) is 12.1 Å². The average molecular weight is 887 g/mol. The van der Waals surface area contributed by atoms with E-state index in [9.17, 15) is 28.8 Å². The van der Waals surface area contributed by atoms with Gasteiger partial charge in [0, 0.05) is 27.9 Å². The van der Waals surface area contributed by atoms with Gasteiger partial charge >= 0.3 is 35.8 Å². The molecule has 0 radical (unpaired) electrons. The zero-order valence-electron chi connectivity index (χ0n) is 38.6. The first-order valence-electron chi connectivity index (χ1n) is 21.8. The lowest BCUT2D eigenvalue weighted by Gasteiger charge is -2.32. The molecule has 348 valence electrons. The van der Waals surface area contributed by atoms with Gasteiger partial charge in [-0.05, 0) is 92.2 Å². The van der Waals surface area contributed by atoms with E-state index >= 15 is 0 Å². The minimum Gasteiger partial charge on any atom is -0.492 e. The first-order chi connectivity index (χ1) is 30.5. The smallest absolute Gasteiger partial charge is 0.334 e. The summed E-state index contributed by atoms with van der Waals surface area (Å²) in [5.74, 6) is -3.26. The van der Waals surface area contributed by atoms with Gasteiger partial charge in [0.1, 0.15) is 44.2 Å². The molecule has 13 nitrogen and oxygen atoms in total. The molecule has 0 unspecified atom stereocenters. The topological polar surface area (TPSA) is 167 Å².